The smallest absolute Gasteiger partial charge is 0.125 e. The first-order valence-electron chi connectivity index (χ1n) is 6.81. The quantitative estimate of drug-likeness (QED) is 0.789. The number of halogens is 2. The van der Waals surface area contributed by atoms with Crippen molar-refractivity contribution < 1.29 is 4.39 Å². The minimum absolute atomic E-state index is 0.288. The highest BCUT2D eigenvalue weighted by molar-refractivity contribution is 6.33. The lowest BCUT2D eigenvalue weighted by atomic mass is 10.0. The van der Waals surface area contributed by atoms with Crippen LogP contribution in [0.2, 0.25) is 5.02 Å². The van der Waals surface area contributed by atoms with Crippen LogP contribution in [0.1, 0.15) is 25.0 Å². The van der Waals surface area contributed by atoms with E-state index in [9.17, 15) is 4.39 Å². The van der Waals surface area contributed by atoms with Crippen LogP contribution in [0.3, 0.4) is 0 Å². The van der Waals surface area contributed by atoms with Crippen molar-refractivity contribution in [3.63, 3.8) is 0 Å². The van der Waals surface area contributed by atoms with Gasteiger partial charge in [-0.15, -0.1) is 0 Å². The Morgan fingerprint density at radius 1 is 1.05 bits per heavy atom. The Morgan fingerprint density at radius 3 is 2.35 bits per heavy atom. The van der Waals surface area contributed by atoms with Crippen molar-refractivity contribution in [3.8, 4) is 0 Å². The molecule has 0 fully saturated rings. The molecule has 0 saturated carbocycles. The molecule has 106 valence electrons. The van der Waals surface area contributed by atoms with Crippen LogP contribution in [0.25, 0.3) is 0 Å². The number of nitrogens with one attached hydrogen (secondary N) is 1. The van der Waals surface area contributed by atoms with Gasteiger partial charge in [-0.25, -0.2) is 4.39 Å². The maximum absolute atomic E-state index is 13.1. The molecule has 2 rings (SSSR count). The van der Waals surface area contributed by atoms with E-state index >= 15 is 0 Å². The van der Waals surface area contributed by atoms with Gasteiger partial charge in [0, 0.05) is 6.54 Å². The summed E-state index contributed by atoms with van der Waals surface area (Å²) in [6.07, 6.45) is 1.09. The summed E-state index contributed by atoms with van der Waals surface area (Å²) >= 11 is 6.02. The first-order chi connectivity index (χ1) is 9.54. The van der Waals surface area contributed by atoms with Gasteiger partial charge >= 0.3 is 0 Å². The van der Waals surface area contributed by atoms with E-state index in [2.05, 4.69) is 43.4 Å². The first kappa shape index (κ1) is 14.9. The molecule has 0 bridgehead atoms. The van der Waals surface area contributed by atoms with E-state index in [0.717, 1.165) is 12.0 Å². The fraction of sp³-hybridized carbons (Fsp3) is 0.294. The summed E-state index contributed by atoms with van der Waals surface area (Å²) in [4.78, 5) is 0. The van der Waals surface area contributed by atoms with Crippen LogP contribution >= 0.6 is 11.6 Å². The van der Waals surface area contributed by atoms with Gasteiger partial charge in [0.1, 0.15) is 5.82 Å². The maximum Gasteiger partial charge on any atom is 0.125 e. The number of hydrogen-bond donors (Lipinski definition) is 1. The van der Waals surface area contributed by atoms with Gasteiger partial charge in [0.2, 0.25) is 0 Å². The minimum atomic E-state index is -0.288. The molecule has 0 amide bonds. The zero-order valence-electron chi connectivity index (χ0n) is 11.8. The van der Waals surface area contributed by atoms with Gasteiger partial charge in [-0.2, -0.15) is 0 Å². The van der Waals surface area contributed by atoms with Crippen LogP contribution in [0.5, 0.6) is 0 Å². The molecular weight excluding hydrogens is 273 g/mol. The summed E-state index contributed by atoms with van der Waals surface area (Å²) in [6, 6.07) is 12.8. The first-order valence-corrected chi connectivity index (χ1v) is 7.19. The van der Waals surface area contributed by atoms with E-state index in [1.54, 1.807) is 6.07 Å². The average Bonchev–Trinajstić information content (AvgIpc) is 2.41. The summed E-state index contributed by atoms with van der Waals surface area (Å²) in [6.45, 7) is 5.05. The molecule has 0 radical (unpaired) electrons. The average molecular weight is 292 g/mol. The molecule has 1 N–H and O–H groups in total. The van der Waals surface area contributed by atoms with Gasteiger partial charge in [-0.1, -0.05) is 49.7 Å². The highest BCUT2D eigenvalue weighted by Gasteiger charge is 2.02. The normalized spacial score (nSPS) is 10.8. The van der Waals surface area contributed by atoms with Crippen molar-refractivity contribution in [2.75, 3.05) is 5.32 Å². The van der Waals surface area contributed by atoms with Gasteiger partial charge in [0.25, 0.3) is 0 Å². The largest absolute Gasteiger partial charge is 0.380 e. The van der Waals surface area contributed by atoms with Crippen LogP contribution in [-0.4, -0.2) is 0 Å². The molecule has 0 heterocycles. The lowest BCUT2D eigenvalue weighted by Crippen LogP contribution is -2.01. The van der Waals surface area contributed by atoms with Crippen molar-refractivity contribution in [2.24, 2.45) is 5.92 Å². The number of anilines is 1. The fourth-order valence-electron chi connectivity index (χ4n) is 2.09. The summed E-state index contributed by atoms with van der Waals surface area (Å²) in [7, 11) is 0. The highest BCUT2D eigenvalue weighted by atomic mass is 35.5. The van der Waals surface area contributed by atoms with Crippen LogP contribution in [0, 0.1) is 11.7 Å². The summed E-state index contributed by atoms with van der Waals surface area (Å²) in [5, 5.41) is 3.69. The van der Waals surface area contributed by atoms with Gasteiger partial charge in [0.15, 0.2) is 0 Å². The van der Waals surface area contributed by atoms with Gasteiger partial charge < -0.3 is 5.32 Å². The number of hydrogen-bond acceptors (Lipinski definition) is 1. The third-order valence-corrected chi connectivity index (χ3v) is 3.41. The fourth-order valence-corrected chi connectivity index (χ4v) is 2.28. The van der Waals surface area contributed by atoms with E-state index < -0.39 is 0 Å². The molecule has 0 aliphatic rings. The van der Waals surface area contributed by atoms with Crippen LogP contribution in [0.15, 0.2) is 42.5 Å². The predicted molar refractivity (Wildman–Crippen MR) is 83.7 cm³/mol. The Kier molecular flexibility index (Phi) is 5.02. The summed E-state index contributed by atoms with van der Waals surface area (Å²) in [5.74, 6) is 0.370. The third kappa shape index (κ3) is 4.24. The highest BCUT2D eigenvalue weighted by Crippen LogP contribution is 2.23. The van der Waals surface area contributed by atoms with Gasteiger partial charge in [-0.3, -0.25) is 0 Å². The molecular formula is C17H19ClFN. The molecule has 2 aromatic carbocycles. The summed E-state index contributed by atoms with van der Waals surface area (Å²) < 4.78 is 13.1. The van der Waals surface area contributed by atoms with Crippen molar-refractivity contribution in [3.05, 3.63) is 64.4 Å². The Balaban J connectivity index is 1.98. The third-order valence-electron chi connectivity index (χ3n) is 3.08. The Morgan fingerprint density at radius 2 is 1.70 bits per heavy atom. The molecule has 0 unspecified atom stereocenters. The molecule has 0 aliphatic heterocycles. The SMILES string of the molecule is CC(C)Cc1ccc(CNc2cc(F)ccc2Cl)cc1. The van der Waals surface area contributed by atoms with Crippen molar-refractivity contribution in [1.29, 1.82) is 0 Å². The molecule has 0 aromatic heterocycles. The number of rotatable bonds is 5. The molecule has 1 nitrogen and oxygen atoms in total. The van der Waals surface area contributed by atoms with E-state index in [4.69, 9.17) is 11.6 Å². The Bertz CT molecular complexity index is 564. The molecule has 0 atom stereocenters. The topological polar surface area (TPSA) is 12.0 Å². The van der Waals surface area contributed by atoms with E-state index in [0.29, 0.717) is 23.2 Å². The Hall–Kier alpha value is -1.54. The molecule has 20 heavy (non-hydrogen) atoms. The monoisotopic (exact) mass is 291 g/mol. The second kappa shape index (κ2) is 6.76. The lowest BCUT2D eigenvalue weighted by Gasteiger charge is -2.10. The van der Waals surface area contributed by atoms with Crippen molar-refractivity contribution in [1.82, 2.24) is 0 Å². The molecule has 0 spiro atoms. The van der Waals surface area contributed by atoms with Crippen LogP contribution in [-0.2, 0) is 13.0 Å². The molecule has 0 aliphatic carbocycles. The maximum atomic E-state index is 13.1. The zero-order valence-corrected chi connectivity index (χ0v) is 12.5. The van der Waals surface area contributed by atoms with Gasteiger partial charge in [0.05, 0.1) is 10.7 Å². The predicted octanol–water partition coefficient (Wildman–Crippen LogP) is 5.29. The zero-order chi connectivity index (χ0) is 14.5. The van der Waals surface area contributed by atoms with E-state index in [1.165, 1.54) is 17.7 Å². The molecule has 3 heteroatoms. The van der Waals surface area contributed by atoms with Gasteiger partial charge in [-0.05, 0) is 41.7 Å². The van der Waals surface area contributed by atoms with Crippen LogP contribution < -0.4 is 5.32 Å². The molecule has 2 aromatic rings. The second-order valence-corrected chi connectivity index (χ2v) is 5.80. The standard InChI is InChI=1S/C17H19ClFN/c1-12(2)9-13-3-5-14(6-4-13)11-20-17-10-15(19)7-8-16(17)18/h3-8,10,12,20H,9,11H2,1-2H3. The lowest BCUT2D eigenvalue weighted by molar-refractivity contribution is 0.628. The van der Waals surface area contributed by atoms with Crippen molar-refractivity contribution >= 4 is 17.3 Å². The molecule has 0 saturated heterocycles. The Labute approximate surface area is 124 Å². The van der Waals surface area contributed by atoms with E-state index in [-0.39, 0.29) is 5.82 Å². The van der Waals surface area contributed by atoms with Crippen LogP contribution in [0.4, 0.5) is 10.1 Å². The second-order valence-electron chi connectivity index (χ2n) is 5.39. The summed E-state index contributed by atoms with van der Waals surface area (Å²) in [5.41, 5.74) is 3.11. The van der Waals surface area contributed by atoms with Crippen molar-refractivity contribution in [2.45, 2.75) is 26.8 Å². The minimum Gasteiger partial charge on any atom is -0.380 e. The van der Waals surface area contributed by atoms with E-state index in [1.807, 2.05) is 0 Å². The number of benzene rings is 2.